The van der Waals surface area contributed by atoms with Gasteiger partial charge in [-0.25, -0.2) is 4.39 Å². The van der Waals surface area contributed by atoms with Crippen LogP contribution in [0, 0.1) is 5.82 Å². The van der Waals surface area contributed by atoms with Gasteiger partial charge in [-0.2, -0.15) is 0 Å². The van der Waals surface area contributed by atoms with E-state index in [0.29, 0.717) is 25.3 Å². The maximum absolute atomic E-state index is 13.6. The number of aromatic nitrogens is 1. The predicted molar refractivity (Wildman–Crippen MR) is 101 cm³/mol. The number of hydrogen-bond acceptors (Lipinski definition) is 4. The van der Waals surface area contributed by atoms with Gasteiger partial charge >= 0.3 is 0 Å². The number of pyridine rings is 1. The van der Waals surface area contributed by atoms with Crippen molar-refractivity contribution >= 4 is 5.91 Å². The van der Waals surface area contributed by atoms with E-state index < -0.39 is 6.04 Å². The molecule has 1 atom stereocenters. The summed E-state index contributed by atoms with van der Waals surface area (Å²) in [6, 6.07) is 9.69. The highest BCUT2D eigenvalue weighted by Gasteiger charge is 2.31. The van der Waals surface area contributed by atoms with Crippen LogP contribution >= 0.6 is 0 Å². The molecule has 2 aromatic rings. The lowest BCUT2D eigenvalue weighted by atomic mass is 10.0. The molecular formula is C21H26FN3O2. The van der Waals surface area contributed by atoms with Gasteiger partial charge in [0.25, 0.3) is 0 Å². The fraction of sp³-hybridized carbons (Fsp3) is 0.429. The van der Waals surface area contributed by atoms with E-state index in [1.54, 1.807) is 24.5 Å². The zero-order valence-corrected chi connectivity index (χ0v) is 15.8. The van der Waals surface area contributed by atoms with Gasteiger partial charge in [0.15, 0.2) is 0 Å². The van der Waals surface area contributed by atoms with Crippen LogP contribution in [-0.4, -0.2) is 54.0 Å². The molecule has 1 aliphatic heterocycles. The third kappa shape index (κ3) is 5.11. The number of halogens is 1. The highest BCUT2D eigenvalue weighted by molar-refractivity contribution is 5.83. The smallest absolute Gasteiger partial charge is 0.244 e. The SMILES string of the molecule is CN(C)[C@@H](C(=O)N1CCC(OCc2cccnc2)CC1)c1cccc(F)c1. The standard InChI is InChI=1S/C21H26FN3O2/c1-24(2)20(17-6-3-7-18(22)13-17)21(26)25-11-8-19(9-12-25)27-15-16-5-4-10-23-14-16/h3-7,10,13-14,19-20H,8-9,11-12,15H2,1-2H3/t20-/m1/s1. The second-order valence-corrected chi connectivity index (χ2v) is 7.12. The summed E-state index contributed by atoms with van der Waals surface area (Å²) in [5.74, 6) is -0.314. The average Bonchev–Trinajstić information content (AvgIpc) is 2.67. The van der Waals surface area contributed by atoms with E-state index in [1.165, 1.54) is 12.1 Å². The van der Waals surface area contributed by atoms with Crippen LogP contribution in [0.3, 0.4) is 0 Å². The number of nitrogens with zero attached hydrogens (tertiary/aromatic N) is 3. The monoisotopic (exact) mass is 371 g/mol. The largest absolute Gasteiger partial charge is 0.373 e. The van der Waals surface area contributed by atoms with Crippen molar-refractivity contribution in [2.24, 2.45) is 0 Å². The number of likely N-dealkylation sites (tertiary alicyclic amines) is 1. The number of rotatable bonds is 6. The Bertz CT molecular complexity index is 746. The minimum absolute atomic E-state index is 0.0105. The molecule has 1 aliphatic rings. The summed E-state index contributed by atoms with van der Waals surface area (Å²) in [7, 11) is 3.69. The zero-order chi connectivity index (χ0) is 19.2. The van der Waals surface area contributed by atoms with Gasteiger partial charge in [0.2, 0.25) is 5.91 Å². The fourth-order valence-electron chi connectivity index (χ4n) is 3.45. The van der Waals surface area contributed by atoms with Gasteiger partial charge in [-0.15, -0.1) is 0 Å². The molecule has 144 valence electrons. The van der Waals surface area contributed by atoms with E-state index in [-0.39, 0.29) is 17.8 Å². The molecule has 6 heteroatoms. The van der Waals surface area contributed by atoms with Crippen molar-refractivity contribution in [1.29, 1.82) is 0 Å². The van der Waals surface area contributed by atoms with Crippen LogP contribution in [-0.2, 0) is 16.1 Å². The summed E-state index contributed by atoms with van der Waals surface area (Å²) >= 11 is 0. The minimum atomic E-state index is -0.478. The van der Waals surface area contributed by atoms with Crippen LogP contribution in [0.4, 0.5) is 4.39 Å². The molecule has 0 bridgehead atoms. The molecule has 0 saturated carbocycles. The quantitative estimate of drug-likeness (QED) is 0.783. The lowest BCUT2D eigenvalue weighted by Crippen LogP contribution is -2.45. The van der Waals surface area contributed by atoms with Crippen LogP contribution in [0.1, 0.15) is 30.0 Å². The molecule has 1 aromatic heterocycles. The molecule has 5 nitrogen and oxygen atoms in total. The van der Waals surface area contributed by atoms with Crippen molar-refractivity contribution in [1.82, 2.24) is 14.8 Å². The number of hydrogen-bond donors (Lipinski definition) is 0. The maximum Gasteiger partial charge on any atom is 0.244 e. The van der Waals surface area contributed by atoms with Crippen LogP contribution in [0.2, 0.25) is 0 Å². The Morgan fingerprint density at radius 2 is 2.07 bits per heavy atom. The second kappa shape index (κ2) is 9.06. The van der Waals surface area contributed by atoms with E-state index in [9.17, 15) is 9.18 Å². The fourth-order valence-corrected chi connectivity index (χ4v) is 3.45. The molecule has 1 amide bonds. The van der Waals surface area contributed by atoms with Crippen molar-refractivity contribution in [2.75, 3.05) is 27.2 Å². The Morgan fingerprint density at radius 1 is 1.30 bits per heavy atom. The molecular weight excluding hydrogens is 345 g/mol. The van der Waals surface area contributed by atoms with Gasteiger partial charge in [0.05, 0.1) is 12.7 Å². The van der Waals surface area contributed by atoms with Crippen LogP contribution in [0.15, 0.2) is 48.8 Å². The molecule has 0 N–H and O–H groups in total. The van der Waals surface area contributed by atoms with Gasteiger partial charge < -0.3 is 9.64 Å². The molecule has 3 rings (SSSR count). The molecule has 0 radical (unpaired) electrons. The number of amides is 1. The first-order valence-electron chi connectivity index (χ1n) is 9.26. The Morgan fingerprint density at radius 3 is 2.70 bits per heavy atom. The molecule has 2 heterocycles. The van der Waals surface area contributed by atoms with Gasteiger partial charge in [-0.3, -0.25) is 14.7 Å². The Balaban J connectivity index is 1.56. The van der Waals surface area contributed by atoms with E-state index in [2.05, 4.69) is 4.98 Å². The van der Waals surface area contributed by atoms with Crippen LogP contribution < -0.4 is 0 Å². The molecule has 1 aromatic carbocycles. The van der Waals surface area contributed by atoms with E-state index in [0.717, 1.165) is 18.4 Å². The van der Waals surface area contributed by atoms with E-state index in [4.69, 9.17) is 4.74 Å². The van der Waals surface area contributed by atoms with Gasteiger partial charge in [-0.1, -0.05) is 18.2 Å². The van der Waals surface area contributed by atoms with Crippen LogP contribution in [0.25, 0.3) is 0 Å². The molecule has 27 heavy (non-hydrogen) atoms. The minimum Gasteiger partial charge on any atom is -0.373 e. The zero-order valence-electron chi connectivity index (χ0n) is 15.8. The van der Waals surface area contributed by atoms with Crippen molar-refractivity contribution in [3.05, 3.63) is 65.7 Å². The number of likely N-dealkylation sites (N-methyl/N-ethyl adjacent to an activating group) is 1. The second-order valence-electron chi connectivity index (χ2n) is 7.12. The molecule has 0 unspecified atom stereocenters. The number of piperidine rings is 1. The number of carbonyl (C=O) groups is 1. The van der Waals surface area contributed by atoms with Crippen molar-refractivity contribution in [3.8, 4) is 0 Å². The Labute approximate surface area is 159 Å². The molecule has 1 saturated heterocycles. The first kappa shape index (κ1) is 19.5. The van der Waals surface area contributed by atoms with Crippen molar-refractivity contribution in [3.63, 3.8) is 0 Å². The van der Waals surface area contributed by atoms with Crippen LogP contribution in [0.5, 0.6) is 0 Å². The maximum atomic E-state index is 13.6. The normalized spacial score (nSPS) is 16.5. The summed E-state index contributed by atoms with van der Waals surface area (Å²) in [6.07, 6.45) is 5.29. The molecule has 0 spiro atoms. The Kier molecular flexibility index (Phi) is 6.53. The summed E-state index contributed by atoms with van der Waals surface area (Å²) in [5, 5.41) is 0. The van der Waals surface area contributed by atoms with E-state index >= 15 is 0 Å². The van der Waals surface area contributed by atoms with Gasteiger partial charge in [-0.05, 0) is 56.3 Å². The third-order valence-electron chi connectivity index (χ3n) is 4.88. The lowest BCUT2D eigenvalue weighted by Gasteiger charge is -2.36. The number of ether oxygens (including phenoxy) is 1. The Hall–Kier alpha value is -2.31. The summed E-state index contributed by atoms with van der Waals surface area (Å²) in [5.41, 5.74) is 1.73. The van der Waals surface area contributed by atoms with Gasteiger partial charge in [0, 0.05) is 25.5 Å². The third-order valence-corrected chi connectivity index (χ3v) is 4.88. The lowest BCUT2D eigenvalue weighted by molar-refractivity contribution is -0.139. The number of benzene rings is 1. The summed E-state index contributed by atoms with van der Waals surface area (Å²) in [4.78, 5) is 20.8. The highest BCUT2D eigenvalue weighted by atomic mass is 19.1. The predicted octanol–water partition coefficient (Wildman–Crippen LogP) is 3.03. The average molecular weight is 371 g/mol. The van der Waals surface area contributed by atoms with Crippen molar-refractivity contribution < 1.29 is 13.9 Å². The summed E-state index contributed by atoms with van der Waals surface area (Å²) in [6.45, 7) is 1.84. The first-order chi connectivity index (χ1) is 13.0. The highest BCUT2D eigenvalue weighted by Crippen LogP contribution is 2.24. The first-order valence-corrected chi connectivity index (χ1v) is 9.26. The van der Waals surface area contributed by atoms with E-state index in [1.807, 2.05) is 36.0 Å². The molecule has 1 fully saturated rings. The summed E-state index contributed by atoms with van der Waals surface area (Å²) < 4.78 is 19.6. The van der Waals surface area contributed by atoms with Crippen molar-refractivity contribution in [2.45, 2.75) is 31.6 Å². The topological polar surface area (TPSA) is 45.7 Å². The molecule has 0 aliphatic carbocycles. The number of carbonyl (C=O) groups excluding carboxylic acids is 1. The van der Waals surface area contributed by atoms with Gasteiger partial charge in [0.1, 0.15) is 11.9 Å².